The Morgan fingerprint density at radius 1 is 1.32 bits per heavy atom. The van der Waals surface area contributed by atoms with Gasteiger partial charge in [0.15, 0.2) is 0 Å². The summed E-state index contributed by atoms with van der Waals surface area (Å²) in [6.45, 7) is 4.75. The molecule has 3 nitrogen and oxygen atoms in total. The maximum Gasteiger partial charge on any atom is 0.225 e. The quantitative estimate of drug-likeness (QED) is 0.910. The van der Waals surface area contributed by atoms with E-state index in [0.29, 0.717) is 6.42 Å². The molecule has 0 aliphatic carbocycles. The molecule has 0 aliphatic rings. The van der Waals surface area contributed by atoms with E-state index in [2.05, 4.69) is 10.3 Å². The molecule has 0 radical (unpaired) electrons. The molecule has 100 valence electrons. The van der Waals surface area contributed by atoms with Gasteiger partial charge >= 0.3 is 0 Å². The second-order valence-corrected chi connectivity index (χ2v) is 5.50. The predicted molar refractivity (Wildman–Crippen MR) is 79.3 cm³/mol. The van der Waals surface area contributed by atoms with Crippen molar-refractivity contribution < 1.29 is 4.79 Å². The molecule has 4 heteroatoms. The zero-order chi connectivity index (χ0) is 13.7. The van der Waals surface area contributed by atoms with Crippen molar-refractivity contribution >= 4 is 17.2 Å². The second-order valence-electron chi connectivity index (χ2n) is 4.42. The van der Waals surface area contributed by atoms with Crippen LogP contribution in [0.5, 0.6) is 0 Å². The molecule has 1 aromatic heterocycles. The molecular formula is C15H18N2OS. The minimum absolute atomic E-state index is 0.0770. The molecule has 1 heterocycles. The van der Waals surface area contributed by atoms with Crippen molar-refractivity contribution in [1.82, 2.24) is 10.3 Å². The van der Waals surface area contributed by atoms with E-state index in [0.717, 1.165) is 34.1 Å². The zero-order valence-electron chi connectivity index (χ0n) is 11.3. The number of aromatic nitrogens is 1. The average Bonchev–Trinajstić information content (AvgIpc) is 2.79. The van der Waals surface area contributed by atoms with E-state index >= 15 is 0 Å². The Kier molecular flexibility index (Phi) is 4.68. The summed E-state index contributed by atoms with van der Waals surface area (Å²) >= 11 is 1.60. The van der Waals surface area contributed by atoms with Crippen LogP contribution in [0.15, 0.2) is 30.3 Å². The van der Waals surface area contributed by atoms with Gasteiger partial charge in [-0.2, -0.15) is 0 Å². The Morgan fingerprint density at radius 3 is 2.74 bits per heavy atom. The smallest absolute Gasteiger partial charge is 0.225 e. The molecule has 0 spiro atoms. The molecule has 1 amide bonds. The third-order valence-electron chi connectivity index (χ3n) is 2.81. The molecule has 0 atom stereocenters. The lowest BCUT2D eigenvalue weighted by atomic mass is 10.2. The summed E-state index contributed by atoms with van der Waals surface area (Å²) in [5.41, 5.74) is 2.06. The summed E-state index contributed by atoms with van der Waals surface area (Å²) in [4.78, 5) is 17.3. The molecule has 0 saturated carbocycles. The van der Waals surface area contributed by atoms with Crippen LogP contribution < -0.4 is 5.32 Å². The van der Waals surface area contributed by atoms with E-state index < -0.39 is 0 Å². The summed E-state index contributed by atoms with van der Waals surface area (Å²) in [5.74, 6) is 0.0770. The standard InChI is InChI=1S/C15H18N2OS/c1-3-9-16-14(18)10-13-11(2)17-15(19-13)12-7-5-4-6-8-12/h4-8H,3,9-10H2,1-2H3,(H,16,18). The van der Waals surface area contributed by atoms with E-state index in [9.17, 15) is 4.79 Å². The molecule has 0 unspecified atom stereocenters. The molecule has 0 bridgehead atoms. The first-order valence-corrected chi connectivity index (χ1v) is 7.30. The van der Waals surface area contributed by atoms with E-state index in [1.807, 2.05) is 44.2 Å². The highest BCUT2D eigenvalue weighted by Gasteiger charge is 2.12. The first-order valence-electron chi connectivity index (χ1n) is 6.49. The summed E-state index contributed by atoms with van der Waals surface area (Å²) in [7, 11) is 0. The third-order valence-corrected chi connectivity index (χ3v) is 4.01. The number of hydrogen-bond acceptors (Lipinski definition) is 3. The lowest BCUT2D eigenvalue weighted by Crippen LogP contribution is -2.25. The van der Waals surface area contributed by atoms with Gasteiger partial charge in [0.1, 0.15) is 5.01 Å². The van der Waals surface area contributed by atoms with E-state index in [-0.39, 0.29) is 5.91 Å². The minimum Gasteiger partial charge on any atom is -0.356 e. The maximum atomic E-state index is 11.7. The lowest BCUT2D eigenvalue weighted by molar-refractivity contribution is -0.120. The first kappa shape index (κ1) is 13.7. The molecule has 0 fully saturated rings. The van der Waals surface area contributed by atoms with Gasteiger partial charge in [-0.05, 0) is 13.3 Å². The highest BCUT2D eigenvalue weighted by Crippen LogP contribution is 2.27. The van der Waals surface area contributed by atoms with Crippen LogP contribution >= 0.6 is 11.3 Å². The van der Waals surface area contributed by atoms with Crippen LogP contribution in [0.25, 0.3) is 10.6 Å². The fourth-order valence-corrected chi connectivity index (χ4v) is 2.84. The van der Waals surface area contributed by atoms with Gasteiger partial charge in [0, 0.05) is 17.0 Å². The summed E-state index contributed by atoms with van der Waals surface area (Å²) in [6.07, 6.45) is 1.39. The van der Waals surface area contributed by atoms with Crippen LogP contribution in [0, 0.1) is 6.92 Å². The fourth-order valence-electron chi connectivity index (χ4n) is 1.77. The number of nitrogens with one attached hydrogen (secondary N) is 1. The molecule has 0 saturated heterocycles. The number of nitrogens with zero attached hydrogens (tertiary/aromatic N) is 1. The van der Waals surface area contributed by atoms with Crippen molar-refractivity contribution in [2.75, 3.05) is 6.54 Å². The van der Waals surface area contributed by atoms with Crippen LogP contribution in [0.1, 0.15) is 23.9 Å². The van der Waals surface area contributed by atoms with Crippen LogP contribution in [0.2, 0.25) is 0 Å². The molecule has 1 aromatic carbocycles. The number of amides is 1. The van der Waals surface area contributed by atoms with E-state index in [1.54, 1.807) is 11.3 Å². The number of aryl methyl sites for hydroxylation is 1. The van der Waals surface area contributed by atoms with E-state index in [4.69, 9.17) is 0 Å². The molecule has 0 aliphatic heterocycles. The molecule has 2 aromatic rings. The van der Waals surface area contributed by atoms with Gasteiger partial charge in [-0.3, -0.25) is 4.79 Å². The highest BCUT2D eigenvalue weighted by atomic mass is 32.1. The third kappa shape index (κ3) is 3.64. The van der Waals surface area contributed by atoms with Crippen molar-refractivity contribution in [2.24, 2.45) is 0 Å². The Labute approximate surface area is 117 Å². The van der Waals surface area contributed by atoms with Crippen molar-refractivity contribution in [3.8, 4) is 10.6 Å². The highest BCUT2D eigenvalue weighted by molar-refractivity contribution is 7.15. The van der Waals surface area contributed by atoms with Gasteiger partial charge in [0.2, 0.25) is 5.91 Å². The number of hydrogen-bond donors (Lipinski definition) is 1. The summed E-state index contributed by atoms with van der Waals surface area (Å²) in [6, 6.07) is 10.1. The minimum atomic E-state index is 0.0770. The lowest BCUT2D eigenvalue weighted by Gasteiger charge is -2.01. The number of carbonyl (C=O) groups excluding carboxylic acids is 1. The van der Waals surface area contributed by atoms with Crippen LogP contribution in [-0.4, -0.2) is 17.4 Å². The van der Waals surface area contributed by atoms with Gasteiger partial charge in [0.05, 0.1) is 12.1 Å². The Hall–Kier alpha value is -1.68. The SMILES string of the molecule is CCCNC(=O)Cc1sc(-c2ccccc2)nc1C. The van der Waals surface area contributed by atoms with Crippen molar-refractivity contribution in [2.45, 2.75) is 26.7 Å². The number of thiazole rings is 1. The summed E-state index contributed by atoms with van der Waals surface area (Å²) in [5, 5.41) is 3.88. The van der Waals surface area contributed by atoms with Gasteiger partial charge < -0.3 is 5.32 Å². The zero-order valence-corrected chi connectivity index (χ0v) is 12.1. The Balaban J connectivity index is 2.11. The molecule has 1 N–H and O–H groups in total. The van der Waals surface area contributed by atoms with Crippen molar-refractivity contribution in [1.29, 1.82) is 0 Å². The van der Waals surface area contributed by atoms with Crippen molar-refractivity contribution in [3.05, 3.63) is 40.9 Å². The molecule has 2 rings (SSSR count). The van der Waals surface area contributed by atoms with Crippen LogP contribution in [0.4, 0.5) is 0 Å². The first-order chi connectivity index (χ1) is 9.20. The topological polar surface area (TPSA) is 42.0 Å². The number of benzene rings is 1. The van der Waals surface area contributed by atoms with Gasteiger partial charge in [0.25, 0.3) is 0 Å². The van der Waals surface area contributed by atoms with Gasteiger partial charge in [-0.25, -0.2) is 4.98 Å². The van der Waals surface area contributed by atoms with Crippen molar-refractivity contribution in [3.63, 3.8) is 0 Å². The van der Waals surface area contributed by atoms with Gasteiger partial charge in [-0.15, -0.1) is 11.3 Å². The fraction of sp³-hybridized carbons (Fsp3) is 0.333. The predicted octanol–water partition coefficient (Wildman–Crippen LogP) is 3.19. The number of carbonyl (C=O) groups is 1. The van der Waals surface area contributed by atoms with Gasteiger partial charge in [-0.1, -0.05) is 37.3 Å². The van der Waals surface area contributed by atoms with Crippen LogP contribution in [0.3, 0.4) is 0 Å². The van der Waals surface area contributed by atoms with Crippen LogP contribution in [-0.2, 0) is 11.2 Å². The normalized spacial score (nSPS) is 10.4. The second kappa shape index (κ2) is 6.48. The maximum absolute atomic E-state index is 11.7. The summed E-state index contributed by atoms with van der Waals surface area (Å²) < 4.78 is 0. The van der Waals surface area contributed by atoms with E-state index in [1.165, 1.54) is 0 Å². The average molecular weight is 274 g/mol. The Morgan fingerprint density at radius 2 is 2.05 bits per heavy atom. The molecular weight excluding hydrogens is 256 g/mol. The number of rotatable bonds is 5. The Bertz CT molecular complexity index is 549. The largest absolute Gasteiger partial charge is 0.356 e. The molecule has 19 heavy (non-hydrogen) atoms. The monoisotopic (exact) mass is 274 g/mol.